The average Bonchev–Trinajstić information content (AvgIpc) is 3.66. The molecule has 4 heteroatoms. The molecule has 1 heterocycles. The molecule has 0 aliphatic heterocycles. The fourth-order valence-corrected chi connectivity index (χ4v) is 8.82. The van der Waals surface area contributed by atoms with Crippen LogP contribution in [0.15, 0.2) is 195 Å². The normalized spacial score (nSPS) is 11.1. The number of hydrogen-bond acceptors (Lipinski definition) is 1. The Morgan fingerprint density at radius 3 is 1.38 bits per heavy atom. The van der Waals surface area contributed by atoms with Crippen LogP contribution in [0.5, 0.6) is 0 Å². The Bertz CT molecular complexity index is 1730. The molecule has 0 bridgehead atoms. The number of hydrogen-bond donors (Lipinski definition) is 0. The molecule has 0 radical (unpaired) electrons. The quantitative estimate of drug-likeness (QED) is 0.208. The summed E-state index contributed by atoms with van der Waals surface area (Å²) in [5.41, 5.74) is 7.95. The van der Waals surface area contributed by atoms with E-state index in [1.54, 1.807) is 0 Å². The maximum absolute atomic E-state index is 4.38. The molecule has 1 aromatic heterocycles. The molecule has 0 aliphatic rings. The van der Waals surface area contributed by atoms with Crippen molar-refractivity contribution in [2.75, 3.05) is 0 Å². The lowest BCUT2D eigenvalue weighted by molar-refractivity contribution is 0.596. The van der Waals surface area contributed by atoms with Gasteiger partial charge in [0.1, 0.15) is 0 Å². The molecule has 0 N–H and O–H groups in total. The summed E-state index contributed by atoms with van der Waals surface area (Å²) in [4.78, 5) is 4.38. The van der Waals surface area contributed by atoms with Gasteiger partial charge in [0.25, 0.3) is 0 Å². The molecule has 0 amide bonds. The van der Waals surface area contributed by atoms with E-state index >= 15 is 0 Å². The van der Waals surface area contributed by atoms with Gasteiger partial charge < -0.3 is 4.57 Å². The average molecular weight is 597 g/mol. The molecule has 7 rings (SSSR count). The van der Waals surface area contributed by atoms with Gasteiger partial charge in [-0.1, -0.05) is 203 Å². The molecular formula is C41H37BN2Si. The molecule has 0 aliphatic carbocycles. The lowest BCUT2D eigenvalue weighted by atomic mass is 9.37. The highest BCUT2D eigenvalue weighted by atomic mass is 28.2. The predicted octanol–water partition coefficient (Wildman–Crippen LogP) is 5.64. The highest BCUT2D eigenvalue weighted by molar-refractivity contribution is 6.95. The SMILES string of the molecule is Cc1cccc([SiH2]C(c2ccccc2)(c2ccccc2)n2ccnc2)c1.c1ccc(B(c2ccccc2)c2ccccc2)cc1. The number of rotatable bonds is 8. The van der Waals surface area contributed by atoms with E-state index in [0.29, 0.717) is 6.71 Å². The summed E-state index contributed by atoms with van der Waals surface area (Å²) in [6.07, 6.45) is 5.94. The van der Waals surface area contributed by atoms with Crippen LogP contribution in [0, 0.1) is 6.92 Å². The standard InChI is InChI=1S/C23H22N2Si.C18H15B/c1-19-9-8-14-22(17-19)26-23(25-16-15-24-18-25,20-10-4-2-5-11-20)21-12-6-3-7-13-21;1-4-10-16(11-5-1)19(17-12-6-2-7-13-17)18-14-8-3-9-15-18/h2-18H,26H2,1H3;1-15H. The van der Waals surface area contributed by atoms with Crippen molar-refractivity contribution in [3.05, 3.63) is 211 Å². The van der Waals surface area contributed by atoms with E-state index in [1.165, 1.54) is 38.3 Å². The Hall–Kier alpha value is -5.19. The van der Waals surface area contributed by atoms with Crippen LogP contribution >= 0.6 is 0 Å². The van der Waals surface area contributed by atoms with Crippen molar-refractivity contribution < 1.29 is 0 Å². The second-order valence-corrected chi connectivity index (χ2v) is 13.6. The minimum Gasteiger partial charge on any atom is -0.326 e. The Morgan fingerprint density at radius 1 is 0.533 bits per heavy atom. The van der Waals surface area contributed by atoms with Gasteiger partial charge in [0.05, 0.1) is 21.0 Å². The van der Waals surface area contributed by atoms with Gasteiger partial charge in [-0.2, -0.15) is 0 Å². The highest BCUT2D eigenvalue weighted by Gasteiger charge is 2.36. The van der Waals surface area contributed by atoms with Gasteiger partial charge in [0.2, 0.25) is 6.71 Å². The van der Waals surface area contributed by atoms with Crippen LogP contribution in [-0.4, -0.2) is 25.8 Å². The zero-order valence-electron chi connectivity index (χ0n) is 25.7. The van der Waals surface area contributed by atoms with Gasteiger partial charge >= 0.3 is 0 Å². The second kappa shape index (κ2) is 14.5. The van der Waals surface area contributed by atoms with E-state index in [9.17, 15) is 0 Å². The van der Waals surface area contributed by atoms with Gasteiger partial charge in [0.15, 0.2) is 0 Å². The first kappa shape index (κ1) is 29.9. The third-order valence-corrected chi connectivity index (χ3v) is 10.9. The summed E-state index contributed by atoms with van der Waals surface area (Å²) in [7, 11) is -0.768. The monoisotopic (exact) mass is 596 g/mol. The largest absolute Gasteiger partial charge is 0.326 e. The molecule has 6 aromatic carbocycles. The van der Waals surface area contributed by atoms with E-state index in [2.05, 4.69) is 199 Å². The number of imidazole rings is 1. The summed E-state index contributed by atoms with van der Waals surface area (Å²) in [5.74, 6) is 0. The van der Waals surface area contributed by atoms with Crippen LogP contribution in [0.1, 0.15) is 16.7 Å². The molecule has 0 unspecified atom stereocenters. The van der Waals surface area contributed by atoms with E-state index in [0.717, 1.165) is 0 Å². The molecule has 0 spiro atoms. The van der Waals surface area contributed by atoms with Crippen LogP contribution in [0.3, 0.4) is 0 Å². The van der Waals surface area contributed by atoms with Gasteiger partial charge in [-0.25, -0.2) is 4.98 Å². The topological polar surface area (TPSA) is 17.8 Å². The Kier molecular flexibility index (Phi) is 9.64. The minimum atomic E-state index is -0.768. The number of aromatic nitrogens is 2. The molecule has 218 valence electrons. The lowest BCUT2D eigenvalue weighted by Gasteiger charge is -2.37. The van der Waals surface area contributed by atoms with Crippen molar-refractivity contribution in [3.63, 3.8) is 0 Å². The smallest absolute Gasteiger partial charge is 0.241 e. The predicted molar refractivity (Wildman–Crippen MR) is 195 cm³/mol. The Balaban J connectivity index is 0.000000167. The van der Waals surface area contributed by atoms with E-state index in [1.807, 2.05) is 12.5 Å². The molecule has 45 heavy (non-hydrogen) atoms. The Morgan fingerprint density at radius 2 is 0.978 bits per heavy atom. The van der Waals surface area contributed by atoms with Crippen molar-refractivity contribution in [3.8, 4) is 0 Å². The summed E-state index contributed by atoms with van der Waals surface area (Å²) in [5, 5.41) is 1.25. The van der Waals surface area contributed by atoms with Gasteiger partial charge in [-0.15, -0.1) is 0 Å². The fourth-order valence-electron chi connectivity index (χ4n) is 6.30. The van der Waals surface area contributed by atoms with Crippen LogP contribution in [0.25, 0.3) is 0 Å². The molecule has 0 atom stereocenters. The summed E-state index contributed by atoms with van der Waals surface area (Å²) >= 11 is 0. The van der Waals surface area contributed by atoms with Crippen molar-refractivity contribution in [2.45, 2.75) is 12.1 Å². The molecule has 7 aromatic rings. The highest BCUT2D eigenvalue weighted by Crippen LogP contribution is 2.33. The molecule has 0 saturated heterocycles. The van der Waals surface area contributed by atoms with E-state index in [4.69, 9.17) is 0 Å². The Labute approximate surface area is 270 Å². The maximum Gasteiger partial charge on any atom is 0.241 e. The molecule has 0 saturated carbocycles. The molecule has 2 nitrogen and oxygen atoms in total. The summed E-state index contributed by atoms with van der Waals surface area (Å²) in [6.45, 7) is 2.48. The van der Waals surface area contributed by atoms with Gasteiger partial charge in [-0.3, -0.25) is 0 Å². The summed E-state index contributed by atoms with van der Waals surface area (Å²) < 4.78 is 2.30. The first-order chi connectivity index (χ1) is 22.2. The molecule has 0 fully saturated rings. The van der Waals surface area contributed by atoms with Crippen molar-refractivity contribution in [1.29, 1.82) is 0 Å². The van der Waals surface area contributed by atoms with Crippen LogP contribution in [0.2, 0.25) is 0 Å². The summed E-state index contributed by atoms with van der Waals surface area (Å²) in [6, 6.07) is 62.7. The van der Waals surface area contributed by atoms with E-state index < -0.39 is 9.52 Å². The number of benzene rings is 6. The van der Waals surface area contributed by atoms with Crippen LogP contribution in [0.4, 0.5) is 0 Å². The third-order valence-electron chi connectivity index (χ3n) is 8.39. The van der Waals surface area contributed by atoms with Gasteiger partial charge in [-0.05, 0) is 18.1 Å². The minimum absolute atomic E-state index is 0.202. The number of aryl methyl sites for hydroxylation is 1. The van der Waals surface area contributed by atoms with Crippen LogP contribution in [-0.2, 0) is 5.16 Å². The maximum atomic E-state index is 4.38. The van der Waals surface area contributed by atoms with Crippen LogP contribution < -0.4 is 21.6 Å². The van der Waals surface area contributed by atoms with Gasteiger partial charge in [0, 0.05) is 12.4 Å². The van der Waals surface area contributed by atoms with E-state index in [-0.39, 0.29) is 5.16 Å². The third kappa shape index (κ3) is 6.98. The zero-order valence-corrected chi connectivity index (χ0v) is 27.1. The first-order valence-electron chi connectivity index (χ1n) is 15.5. The zero-order chi connectivity index (χ0) is 30.7. The van der Waals surface area contributed by atoms with Crippen molar-refractivity contribution >= 4 is 37.8 Å². The molecular weight excluding hydrogens is 559 g/mol. The number of nitrogens with zero attached hydrogens (tertiary/aromatic N) is 2. The lowest BCUT2D eigenvalue weighted by Crippen LogP contribution is -2.51. The first-order valence-corrected chi connectivity index (χ1v) is 17.0. The second-order valence-electron chi connectivity index (χ2n) is 11.4. The van der Waals surface area contributed by atoms with Crippen molar-refractivity contribution in [1.82, 2.24) is 9.55 Å². The fraction of sp³-hybridized carbons (Fsp3) is 0.0488. The van der Waals surface area contributed by atoms with Crippen molar-refractivity contribution in [2.24, 2.45) is 0 Å².